The number of nitrogens with zero attached hydrogens (tertiary/aromatic N) is 5. The lowest BCUT2D eigenvalue weighted by Gasteiger charge is -2.28. The summed E-state index contributed by atoms with van der Waals surface area (Å²) >= 11 is 6.11. The van der Waals surface area contributed by atoms with E-state index in [2.05, 4.69) is 28.7 Å². The number of halogens is 1. The fourth-order valence-electron chi connectivity index (χ4n) is 5.09. The lowest BCUT2D eigenvalue weighted by Crippen LogP contribution is -2.35. The molecule has 0 spiro atoms. The fourth-order valence-corrected chi connectivity index (χ4v) is 5.25. The van der Waals surface area contributed by atoms with Crippen LogP contribution in [0.15, 0.2) is 48.8 Å². The Morgan fingerprint density at radius 3 is 2.71 bits per heavy atom. The van der Waals surface area contributed by atoms with Crippen molar-refractivity contribution in [2.24, 2.45) is 0 Å². The minimum absolute atomic E-state index is 0.0690. The molecule has 1 N–H and O–H groups in total. The van der Waals surface area contributed by atoms with Crippen LogP contribution in [0, 0.1) is 0 Å². The topological polar surface area (TPSA) is 102 Å². The highest BCUT2D eigenvalue weighted by Gasteiger charge is 2.31. The number of amides is 1. The van der Waals surface area contributed by atoms with Gasteiger partial charge < -0.3 is 19.3 Å². The van der Waals surface area contributed by atoms with Gasteiger partial charge in [-0.3, -0.25) is 9.48 Å². The Morgan fingerprint density at radius 2 is 2.03 bits per heavy atom. The molecule has 10 heteroatoms. The zero-order valence-electron chi connectivity index (χ0n) is 21.8. The van der Waals surface area contributed by atoms with E-state index in [9.17, 15) is 14.7 Å². The molecule has 2 aromatic carbocycles. The van der Waals surface area contributed by atoms with Gasteiger partial charge in [0.25, 0.3) is 0 Å². The van der Waals surface area contributed by atoms with E-state index in [1.165, 1.54) is 7.11 Å². The zero-order valence-corrected chi connectivity index (χ0v) is 22.6. The van der Waals surface area contributed by atoms with Crippen LogP contribution in [0.1, 0.15) is 43.5 Å². The van der Waals surface area contributed by atoms with Crippen LogP contribution in [0.4, 0.5) is 4.79 Å². The van der Waals surface area contributed by atoms with Crippen molar-refractivity contribution >= 4 is 34.7 Å². The smallest absolute Gasteiger partial charge is 0.409 e. The number of rotatable bonds is 6. The molecule has 1 aliphatic heterocycles. The van der Waals surface area contributed by atoms with Crippen molar-refractivity contribution in [3.05, 3.63) is 70.5 Å². The molecule has 1 atom stereocenters. The van der Waals surface area contributed by atoms with E-state index < -0.39 is 11.4 Å². The van der Waals surface area contributed by atoms with Crippen LogP contribution in [0.3, 0.4) is 0 Å². The molecule has 0 fully saturated rings. The first-order valence-corrected chi connectivity index (χ1v) is 12.9. The van der Waals surface area contributed by atoms with Gasteiger partial charge >= 0.3 is 12.1 Å². The van der Waals surface area contributed by atoms with Crippen LogP contribution >= 0.6 is 11.6 Å². The highest BCUT2D eigenvalue weighted by molar-refractivity contribution is 6.30. The Bertz CT molecular complexity index is 1540. The highest BCUT2D eigenvalue weighted by atomic mass is 35.5. The van der Waals surface area contributed by atoms with Crippen molar-refractivity contribution in [1.29, 1.82) is 0 Å². The van der Waals surface area contributed by atoms with Crippen LogP contribution in [0.25, 0.3) is 22.4 Å². The molecule has 2 aromatic heterocycles. The lowest BCUT2D eigenvalue weighted by atomic mass is 9.84. The van der Waals surface area contributed by atoms with E-state index in [0.29, 0.717) is 36.6 Å². The molecular formula is C28H30ClN5O4. The summed E-state index contributed by atoms with van der Waals surface area (Å²) in [5.74, 6) is -0.179. The third-order valence-corrected chi connectivity index (χ3v) is 7.56. The average Bonchev–Trinajstić information content (AvgIpc) is 3.51. The molecule has 1 aliphatic rings. The minimum Gasteiger partial charge on any atom is -0.481 e. The molecule has 0 unspecified atom stereocenters. The van der Waals surface area contributed by atoms with Crippen molar-refractivity contribution in [1.82, 2.24) is 24.2 Å². The molecule has 0 saturated carbocycles. The first-order chi connectivity index (χ1) is 18.1. The molecule has 0 radical (unpaired) electrons. The molecule has 1 amide bonds. The second-order valence-corrected chi connectivity index (χ2v) is 10.7. The molecule has 9 nitrogen and oxygen atoms in total. The SMILES string of the molecule is COC(=O)N1CCc2ccc3c(nc(-c4cccc(C(C)(C)C(=O)O)c4)n3[C@H](C)Cn3cc(Cl)cn3)c2C1. The molecule has 38 heavy (non-hydrogen) atoms. The molecule has 198 valence electrons. The van der Waals surface area contributed by atoms with E-state index in [1.54, 1.807) is 35.8 Å². The summed E-state index contributed by atoms with van der Waals surface area (Å²) in [6.45, 7) is 7.02. The Hall–Kier alpha value is -3.85. The van der Waals surface area contributed by atoms with Crippen LogP contribution < -0.4 is 0 Å². The maximum atomic E-state index is 12.3. The van der Waals surface area contributed by atoms with Gasteiger partial charge in [0.1, 0.15) is 5.82 Å². The first kappa shape index (κ1) is 25.8. The number of methoxy groups -OCH3 is 1. The number of hydrogen-bond donors (Lipinski definition) is 1. The van der Waals surface area contributed by atoms with E-state index in [1.807, 2.05) is 24.3 Å². The summed E-state index contributed by atoms with van der Waals surface area (Å²) < 4.78 is 8.94. The summed E-state index contributed by atoms with van der Waals surface area (Å²) in [5.41, 5.74) is 4.33. The van der Waals surface area contributed by atoms with E-state index in [-0.39, 0.29) is 12.1 Å². The number of aliphatic carboxylic acids is 1. The van der Waals surface area contributed by atoms with Crippen molar-refractivity contribution in [3.8, 4) is 11.4 Å². The first-order valence-electron chi connectivity index (χ1n) is 12.5. The van der Waals surface area contributed by atoms with E-state index in [0.717, 1.165) is 33.5 Å². The van der Waals surface area contributed by atoms with Crippen LogP contribution in [-0.2, 0) is 34.5 Å². The maximum Gasteiger partial charge on any atom is 0.409 e. The largest absolute Gasteiger partial charge is 0.481 e. The standard InChI is InChI=1S/C28H30ClN5O4/c1-17(14-33-15-21(29)13-30-33)34-23-9-8-18-10-11-32(27(37)38-4)16-22(18)24(23)31-25(34)19-6-5-7-20(12-19)28(2,3)26(35)36/h5-9,12-13,15,17H,10-11,14,16H2,1-4H3,(H,35,36)/t17-/m1/s1. The van der Waals surface area contributed by atoms with Crippen molar-refractivity contribution in [2.45, 2.75) is 51.7 Å². The van der Waals surface area contributed by atoms with Gasteiger partial charge in [-0.15, -0.1) is 0 Å². The number of hydrogen-bond acceptors (Lipinski definition) is 5. The zero-order chi connectivity index (χ0) is 27.2. The number of imidazole rings is 1. The Balaban J connectivity index is 1.69. The van der Waals surface area contributed by atoms with Gasteiger partial charge in [-0.05, 0) is 50.5 Å². The second kappa shape index (κ2) is 9.79. The van der Waals surface area contributed by atoms with Gasteiger partial charge in [-0.2, -0.15) is 5.10 Å². The Labute approximate surface area is 225 Å². The quantitative estimate of drug-likeness (QED) is 0.359. The summed E-state index contributed by atoms with van der Waals surface area (Å²) in [6.07, 6.45) is 3.74. The van der Waals surface area contributed by atoms with Gasteiger partial charge in [0, 0.05) is 23.9 Å². The normalized spacial score (nSPS) is 14.4. The summed E-state index contributed by atoms with van der Waals surface area (Å²) in [5, 5.41) is 14.7. The third-order valence-electron chi connectivity index (χ3n) is 7.37. The Kier molecular flexibility index (Phi) is 6.65. The average molecular weight is 536 g/mol. The maximum absolute atomic E-state index is 12.3. The third kappa shape index (κ3) is 4.51. The predicted molar refractivity (Wildman–Crippen MR) is 144 cm³/mol. The fraction of sp³-hybridized carbons (Fsp3) is 0.357. The number of aromatic nitrogens is 4. The number of carboxylic acid groups (broad SMARTS) is 1. The molecule has 0 saturated heterocycles. The van der Waals surface area contributed by atoms with Gasteiger partial charge in [0.15, 0.2) is 0 Å². The number of carboxylic acids is 1. The summed E-state index contributed by atoms with van der Waals surface area (Å²) in [6, 6.07) is 11.7. The van der Waals surface area contributed by atoms with Crippen molar-refractivity contribution < 1.29 is 19.4 Å². The van der Waals surface area contributed by atoms with E-state index in [4.69, 9.17) is 21.3 Å². The van der Waals surface area contributed by atoms with Crippen LogP contribution in [-0.4, -0.2) is 55.1 Å². The molecule has 0 aliphatic carbocycles. The highest BCUT2D eigenvalue weighted by Crippen LogP contribution is 2.36. The minimum atomic E-state index is -1.07. The van der Waals surface area contributed by atoms with Gasteiger partial charge in [0.05, 0.1) is 53.9 Å². The lowest BCUT2D eigenvalue weighted by molar-refractivity contribution is -0.142. The molecule has 4 aromatic rings. The number of benzene rings is 2. The molecule has 0 bridgehead atoms. The number of carbonyl (C=O) groups excluding carboxylic acids is 1. The number of ether oxygens (including phenoxy) is 1. The van der Waals surface area contributed by atoms with Crippen LogP contribution in [0.5, 0.6) is 0 Å². The molecule has 3 heterocycles. The molecular weight excluding hydrogens is 506 g/mol. The summed E-state index contributed by atoms with van der Waals surface area (Å²) in [7, 11) is 1.39. The van der Waals surface area contributed by atoms with Gasteiger partial charge in [-0.25, -0.2) is 9.78 Å². The van der Waals surface area contributed by atoms with Gasteiger partial charge in [0.2, 0.25) is 0 Å². The second-order valence-electron chi connectivity index (χ2n) is 10.3. The van der Waals surface area contributed by atoms with E-state index >= 15 is 0 Å². The van der Waals surface area contributed by atoms with Crippen molar-refractivity contribution in [2.75, 3.05) is 13.7 Å². The van der Waals surface area contributed by atoms with Gasteiger partial charge in [-0.1, -0.05) is 35.9 Å². The monoisotopic (exact) mass is 535 g/mol. The predicted octanol–water partition coefficient (Wildman–Crippen LogP) is 5.30. The van der Waals surface area contributed by atoms with Crippen LogP contribution in [0.2, 0.25) is 5.02 Å². The molecule has 5 rings (SSSR count). The summed E-state index contributed by atoms with van der Waals surface area (Å²) in [4.78, 5) is 31.1. The number of fused-ring (bicyclic) bond motifs is 3. The van der Waals surface area contributed by atoms with Crippen molar-refractivity contribution in [3.63, 3.8) is 0 Å². The number of carbonyl (C=O) groups is 2. The Morgan fingerprint density at radius 1 is 1.24 bits per heavy atom.